The first-order chi connectivity index (χ1) is 9.47. The zero-order chi connectivity index (χ0) is 14.6. The molecule has 2 saturated heterocycles. The molecule has 2 aliphatic rings. The number of nitrogens with one attached hydrogen (secondary N) is 1. The Labute approximate surface area is 121 Å². The highest BCUT2D eigenvalue weighted by Crippen LogP contribution is 2.13. The number of rotatable bonds is 4. The van der Waals surface area contributed by atoms with E-state index in [-0.39, 0.29) is 11.9 Å². The Kier molecular flexibility index (Phi) is 5.40. The smallest absolute Gasteiger partial charge is 0.236 e. The molecule has 1 N–H and O–H groups in total. The molecule has 116 valence electrons. The van der Waals surface area contributed by atoms with Crippen molar-refractivity contribution in [3.8, 4) is 0 Å². The van der Waals surface area contributed by atoms with Gasteiger partial charge in [0.15, 0.2) is 0 Å². The average Bonchev–Trinajstić information content (AvgIpc) is 2.45. The van der Waals surface area contributed by atoms with Crippen LogP contribution in [0.15, 0.2) is 0 Å². The van der Waals surface area contributed by atoms with Gasteiger partial charge >= 0.3 is 0 Å². The third-order valence-corrected chi connectivity index (χ3v) is 5.48. The number of sulfonamides is 1. The van der Waals surface area contributed by atoms with E-state index in [1.807, 2.05) is 4.90 Å². The van der Waals surface area contributed by atoms with Crippen LogP contribution in [0.4, 0.5) is 0 Å². The van der Waals surface area contributed by atoms with Gasteiger partial charge in [-0.25, -0.2) is 12.7 Å². The summed E-state index contributed by atoms with van der Waals surface area (Å²) in [6, 6.07) is 0.252. The van der Waals surface area contributed by atoms with E-state index < -0.39 is 10.0 Å². The summed E-state index contributed by atoms with van der Waals surface area (Å²) in [5.74, 6) is 0.176. The molecular weight excluding hydrogens is 278 g/mol. The molecule has 0 unspecified atom stereocenters. The second kappa shape index (κ2) is 6.87. The Balaban J connectivity index is 1.69. The van der Waals surface area contributed by atoms with Gasteiger partial charge in [-0.15, -0.1) is 0 Å². The zero-order valence-electron chi connectivity index (χ0n) is 12.2. The molecule has 0 aromatic rings. The standard InChI is InChI=1S/C13H25N3O3S/c1-20(18,19)16-9-5-12(6-10-16)14-11-13(17)15-7-3-2-4-8-15/h12,14H,2-11H2,1H3. The molecule has 2 aliphatic heterocycles. The van der Waals surface area contributed by atoms with Crippen LogP contribution in [0.3, 0.4) is 0 Å². The van der Waals surface area contributed by atoms with Crippen molar-refractivity contribution in [3.63, 3.8) is 0 Å². The maximum Gasteiger partial charge on any atom is 0.236 e. The highest BCUT2D eigenvalue weighted by atomic mass is 32.2. The van der Waals surface area contributed by atoms with Crippen molar-refractivity contribution >= 4 is 15.9 Å². The van der Waals surface area contributed by atoms with Crippen molar-refractivity contribution in [3.05, 3.63) is 0 Å². The first-order valence-corrected chi connectivity index (χ1v) is 9.28. The van der Waals surface area contributed by atoms with Crippen molar-refractivity contribution in [1.82, 2.24) is 14.5 Å². The number of hydrogen-bond acceptors (Lipinski definition) is 4. The molecule has 0 bridgehead atoms. The largest absolute Gasteiger partial charge is 0.342 e. The lowest BCUT2D eigenvalue weighted by Crippen LogP contribution is -2.48. The predicted octanol–water partition coefficient (Wildman–Crippen LogP) is 0.0125. The summed E-state index contributed by atoms with van der Waals surface area (Å²) in [7, 11) is -3.07. The van der Waals surface area contributed by atoms with Gasteiger partial charge in [-0.05, 0) is 32.1 Å². The van der Waals surface area contributed by atoms with E-state index in [1.165, 1.54) is 17.0 Å². The summed E-state index contributed by atoms with van der Waals surface area (Å²) in [5, 5.41) is 3.28. The molecule has 0 saturated carbocycles. The molecule has 2 fully saturated rings. The predicted molar refractivity (Wildman–Crippen MR) is 77.9 cm³/mol. The van der Waals surface area contributed by atoms with Crippen LogP contribution in [0.25, 0.3) is 0 Å². The van der Waals surface area contributed by atoms with Crippen molar-refractivity contribution in [2.45, 2.75) is 38.1 Å². The molecule has 0 aromatic carbocycles. The lowest BCUT2D eigenvalue weighted by Gasteiger charge is -2.32. The van der Waals surface area contributed by atoms with Crippen molar-refractivity contribution in [2.75, 3.05) is 39.0 Å². The van der Waals surface area contributed by atoms with E-state index in [9.17, 15) is 13.2 Å². The number of amides is 1. The minimum absolute atomic E-state index is 0.176. The Bertz CT molecular complexity index is 424. The molecule has 20 heavy (non-hydrogen) atoms. The first kappa shape index (κ1) is 15.7. The maximum atomic E-state index is 12.0. The minimum Gasteiger partial charge on any atom is -0.342 e. The van der Waals surface area contributed by atoms with Crippen LogP contribution in [0.5, 0.6) is 0 Å². The molecule has 2 rings (SSSR count). The number of hydrogen-bond donors (Lipinski definition) is 1. The van der Waals surface area contributed by atoms with E-state index in [0.29, 0.717) is 19.6 Å². The Hall–Kier alpha value is -0.660. The van der Waals surface area contributed by atoms with Crippen LogP contribution >= 0.6 is 0 Å². The second-order valence-corrected chi connectivity index (χ2v) is 7.74. The van der Waals surface area contributed by atoms with E-state index in [0.717, 1.165) is 38.8 Å². The van der Waals surface area contributed by atoms with E-state index >= 15 is 0 Å². The van der Waals surface area contributed by atoms with Gasteiger partial charge in [0.25, 0.3) is 0 Å². The average molecular weight is 303 g/mol. The fourth-order valence-corrected chi connectivity index (χ4v) is 3.75. The lowest BCUT2D eigenvalue weighted by molar-refractivity contribution is -0.131. The first-order valence-electron chi connectivity index (χ1n) is 7.43. The summed E-state index contributed by atoms with van der Waals surface area (Å²) < 4.78 is 24.3. The van der Waals surface area contributed by atoms with Gasteiger partial charge in [-0.3, -0.25) is 4.79 Å². The monoisotopic (exact) mass is 303 g/mol. The zero-order valence-corrected chi connectivity index (χ0v) is 13.0. The summed E-state index contributed by atoms with van der Waals surface area (Å²) in [6.07, 6.45) is 6.25. The molecule has 7 heteroatoms. The molecule has 0 aliphatic carbocycles. The SMILES string of the molecule is CS(=O)(=O)N1CCC(NCC(=O)N2CCCCC2)CC1. The molecule has 0 aromatic heterocycles. The Morgan fingerprint density at radius 2 is 1.70 bits per heavy atom. The van der Waals surface area contributed by atoms with Crippen LogP contribution < -0.4 is 5.32 Å². The summed E-state index contributed by atoms with van der Waals surface area (Å²) in [6.45, 7) is 3.24. The summed E-state index contributed by atoms with van der Waals surface area (Å²) >= 11 is 0. The van der Waals surface area contributed by atoms with Crippen LogP contribution in [0, 0.1) is 0 Å². The van der Waals surface area contributed by atoms with E-state index in [1.54, 1.807) is 0 Å². The van der Waals surface area contributed by atoms with Crippen LogP contribution in [-0.4, -0.2) is 68.6 Å². The Morgan fingerprint density at radius 3 is 2.25 bits per heavy atom. The molecule has 1 amide bonds. The van der Waals surface area contributed by atoms with Gasteiger partial charge in [0.2, 0.25) is 15.9 Å². The topological polar surface area (TPSA) is 69.7 Å². The van der Waals surface area contributed by atoms with E-state index in [4.69, 9.17) is 0 Å². The number of piperidine rings is 2. The fourth-order valence-electron chi connectivity index (χ4n) is 2.88. The van der Waals surface area contributed by atoms with Gasteiger partial charge in [0.1, 0.15) is 0 Å². The summed E-state index contributed by atoms with van der Waals surface area (Å²) in [5.41, 5.74) is 0. The number of nitrogens with zero attached hydrogens (tertiary/aromatic N) is 2. The van der Waals surface area contributed by atoms with Crippen molar-refractivity contribution in [2.24, 2.45) is 0 Å². The van der Waals surface area contributed by atoms with Crippen LogP contribution in [0.1, 0.15) is 32.1 Å². The molecule has 0 atom stereocenters. The quantitative estimate of drug-likeness (QED) is 0.794. The normalized spacial score (nSPS) is 22.9. The highest BCUT2D eigenvalue weighted by Gasteiger charge is 2.25. The molecule has 6 nitrogen and oxygen atoms in total. The summed E-state index contributed by atoms with van der Waals surface area (Å²) in [4.78, 5) is 14.0. The number of carbonyl (C=O) groups excluding carboxylic acids is 1. The highest BCUT2D eigenvalue weighted by molar-refractivity contribution is 7.88. The third kappa shape index (κ3) is 4.43. The van der Waals surface area contributed by atoms with E-state index in [2.05, 4.69) is 5.32 Å². The van der Waals surface area contributed by atoms with Crippen LogP contribution in [0.2, 0.25) is 0 Å². The van der Waals surface area contributed by atoms with Gasteiger partial charge in [0, 0.05) is 32.2 Å². The number of likely N-dealkylation sites (tertiary alicyclic amines) is 1. The Morgan fingerprint density at radius 1 is 1.10 bits per heavy atom. The van der Waals surface area contributed by atoms with Crippen molar-refractivity contribution < 1.29 is 13.2 Å². The molecule has 0 radical (unpaired) electrons. The lowest BCUT2D eigenvalue weighted by atomic mass is 10.1. The third-order valence-electron chi connectivity index (χ3n) is 4.17. The molecular formula is C13H25N3O3S. The second-order valence-electron chi connectivity index (χ2n) is 5.76. The van der Waals surface area contributed by atoms with Crippen molar-refractivity contribution in [1.29, 1.82) is 0 Å². The van der Waals surface area contributed by atoms with Gasteiger partial charge in [-0.2, -0.15) is 0 Å². The maximum absolute atomic E-state index is 12.0. The molecule has 2 heterocycles. The minimum atomic E-state index is -3.07. The fraction of sp³-hybridized carbons (Fsp3) is 0.923. The van der Waals surface area contributed by atoms with Gasteiger partial charge in [-0.1, -0.05) is 0 Å². The van der Waals surface area contributed by atoms with Gasteiger partial charge in [0.05, 0.1) is 12.8 Å². The molecule has 0 spiro atoms. The number of carbonyl (C=O) groups is 1. The van der Waals surface area contributed by atoms with Crippen LogP contribution in [-0.2, 0) is 14.8 Å². The van der Waals surface area contributed by atoms with Gasteiger partial charge < -0.3 is 10.2 Å².